The van der Waals surface area contributed by atoms with Crippen LogP contribution >= 0.6 is 0 Å². The number of rotatable bonds is 6. The number of hydrogen-bond acceptors (Lipinski definition) is 4. The molecule has 8 heteroatoms. The van der Waals surface area contributed by atoms with Gasteiger partial charge in [-0.2, -0.15) is 3.97 Å². The number of fused-ring (bicyclic) bond motifs is 1. The number of para-hydroxylation sites is 2. The highest BCUT2D eigenvalue weighted by molar-refractivity contribution is 7.90. The number of nitrogens with zero attached hydrogens (tertiary/aromatic N) is 3. The quantitative estimate of drug-likeness (QED) is 0.647. The number of likely N-dealkylation sites (N-methyl/N-ethyl adjacent to an activating group) is 1. The maximum atomic E-state index is 13.1. The van der Waals surface area contributed by atoms with E-state index in [1.165, 1.54) is 16.7 Å². The molecule has 0 aliphatic carbocycles. The second-order valence-corrected chi connectivity index (χ2v) is 7.79. The molecule has 0 radical (unpaired) electrons. The van der Waals surface area contributed by atoms with Gasteiger partial charge in [0.25, 0.3) is 10.0 Å². The van der Waals surface area contributed by atoms with Gasteiger partial charge in [0.15, 0.2) is 0 Å². The summed E-state index contributed by atoms with van der Waals surface area (Å²) in [4.78, 5) is 27.1. The Morgan fingerprint density at radius 2 is 1.48 bits per heavy atom. The van der Waals surface area contributed by atoms with Gasteiger partial charge in [0, 0.05) is 13.1 Å². The highest BCUT2D eigenvalue weighted by Crippen LogP contribution is 2.19. The zero-order valence-corrected chi connectivity index (χ0v) is 16.0. The van der Waals surface area contributed by atoms with Gasteiger partial charge in [-0.15, -0.1) is 0 Å². The summed E-state index contributed by atoms with van der Waals surface area (Å²) < 4.78 is 28.1. The van der Waals surface area contributed by atoms with Crippen molar-refractivity contribution in [3.05, 3.63) is 65.1 Å². The number of amides is 1. The van der Waals surface area contributed by atoms with Gasteiger partial charge in [-0.05, 0) is 38.1 Å². The molecule has 0 N–H and O–H groups in total. The molecular weight excluding hydrogens is 366 g/mol. The molecule has 0 atom stereocenters. The Bertz CT molecular complexity index is 1130. The molecule has 2 aromatic carbocycles. The van der Waals surface area contributed by atoms with Crippen molar-refractivity contribution < 1.29 is 13.2 Å². The first kappa shape index (κ1) is 18.9. The number of benzene rings is 2. The van der Waals surface area contributed by atoms with Crippen molar-refractivity contribution in [3.63, 3.8) is 0 Å². The maximum Gasteiger partial charge on any atom is 0.343 e. The molecule has 0 fully saturated rings. The van der Waals surface area contributed by atoms with E-state index in [9.17, 15) is 18.0 Å². The zero-order valence-electron chi connectivity index (χ0n) is 15.2. The molecule has 3 aromatic rings. The summed E-state index contributed by atoms with van der Waals surface area (Å²) in [5, 5.41) is 0. The Morgan fingerprint density at radius 3 is 2.07 bits per heavy atom. The van der Waals surface area contributed by atoms with Crippen molar-refractivity contribution in [2.24, 2.45) is 0 Å². The van der Waals surface area contributed by atoms with E-state index in [2.05, 4.69) is 0 Å². The van der Waals surface area contributed by atoms with E-state index < -0.39 is 15.7 Å². The topological polar surface area (TPSA) is 81.4 Å². The Balaban J connectivity index is 2.21. The summed E-state index contributed by atoms with van der Waals surface area (Å²) in [7, 11) is -4.08. The molecule has 0 spiro atoms. The lowest BCUT2D eigenvalue weighted by atomic mass is 10.3. The van der Waals surface area contributed by atoms with Gasteiger partial charge in [0.2, 0.25) is 5.91 Å². The predicted octanol–water partition coefficient (Wildman–Crippen LogP) is 1.91. The van der Waals surface area contributed by atoms with Crippen LogP contribution in [0, 0.1) is 0 Å². The Hall–Kier alpha value is -2.87. The van der Waals surface area contributed by atoms with Gasteiger partial charge in [0.05, 0.1) is 15.9 Å². The third-order valence-corrected chi connectivity index (χ3v) is 6.19. The van der Waals surface area contributed by atoms with Crippen molar-refractivity contribution in [1.29, 1.82) is 0 Å². The summed E-state index contributed by atoms with van der Waals surface area (Å²) in [6.07, 6.45) is 0. The summed E-state index contributed by atoms with van der Waals surface area (Å²) in [6, 6.07) is 14.4. The number of carbonyl (C=O) groups excluding carboxylic acids is 1. The van der Waals surface area contributed by atoms with Crippen molar-refractivity contribution in [2.45, 2.75) is 25.3 Å². The van der Waals surface area contributed by atoms with Gasteiger partial charge in [-0.3, -0.25) is 9.36 Å². The molecular formula is C19H21N3O4S. The van der Waals surface area contributed by atoms with Crippen LogP contribution in [0.15, 0.2) is 64.3 Å². The molecule has 1 aromatic heterocycles. The van der Waals surface area contributed by atoms with Crippen LogP contribution in [0.3, 0.4) is 0 Å². The predicted molar refractivity (Wildman–Crippen MR) is 103 cm³/mol. The van der Waals surface area contributed by atoms with E-state index >= 15 is 0 Å². The van der Waals surface area contributed by atoms with E-state index in [4.69, 9.17) is 0 Å². The smallest absolute Gasteiger partial charge is 0.342 e. The molecule has 0 saturated heterocycles. The molecule has 0 aliphatic rings. The first-order chi connectivity index (χ1) is 12.9. The number of imidazole rings is 1. The largest absolute Gasteiger partial charge is 0.343 e. The average molecular weight is 387 g/mol. The fourth-order valence-corrected chi connectivity index (χ4v) is 4.50. The lowest BCUT2D eigenvalue weighted by molar-refractivity contribution is -0.131. The van der Waals surface area contributed by atoms with Gasteiger partial charge >= 0.3 is 5.69 Å². The molecule has 1 amide bonds. The van der Waals surface area contributed by atoms with Crippen LogP contribution in [0.4, 0.5) is 0 Å². The van der Waals surface area contributed by atoms with Gasteiger partial charge in [-0.25, -0.2) is 13.2 Å². The van der Waals surface area contributed by atoms with Crippen LogP contribution in [0.5, 0.6) is 0 Å². The number of hydrogen-bond donors (Lipinski definition) is 0. The van der Waals surface area contributed by atoms with Crippen LogP contribution in [-0.2, 0) is 21.4 Å². The molecule has 0 bridgehead atoms. The second kappa shape index (κ2) is 7.40. The number of aromatic nitrogens is 2. The highest BCUT2D eigenvalue weighted by Gasteiger charge is 2.26. The van der Waals surface area contributed by atoms with E-state index in [0.29, 0.717) is 18.6 Å². The standard InChI is InChI=1S/C19H21N3O4S/c1-3-20(4-2)18(23)14-21-16-12-8-9-13-17(16)22(19(21)24)27(25,26)15-10-6-5-7-11-15/h5-13H,3-4,14H2,1-2H3. The molecule has 0 aliphatic heterocycles. The minimum Gasteiger partial charge on any atom is -0.342 e. The molecule has 142 valence electrons. The van der Waals surface area contributed by atoms with Gasteiger partial charge in [0.1, 0.15) is 6.54 Å². The average Bonchev–Trinajstić information content (AvgIpc) is 2.96. The Morgan fingerprint density at radius 1 is 0.926 bits per heavy atom. The van der Waals surface area contributed by atoms with Crippen LogP contribution in [0.25, 0.3) is 11.0 Å². The van der Waals surface area contributed by atoms with Crippen LogP contribution in [-0.4, -0.2) is 40.9 Å². The van der Waals surface area contributed by atoms with Gasteiger partial charge in [-0.1, -0.05) is 30.3 Å². The third kappa shape index (κ3) is 3.28. The van der Waals surface area contributed by atoms with E-state index in [0.717, 1.165) is 3.97 Å². The molecule has 1 heterocycles. The van der Waals surface area contributed by atoms with Crippen molar-refractivity contribution >= 4 is 27.0 Å². The van der Waals surface area contributed by atoms with Crippen molar-refractivity contribution in [2.75, 3.05) is 13.1 Å². The summed E-state index contributed by atoms with van der Waals surface area (Å²) in [5.41, 5.74) is -0.0956. The number of carbonyl (C=O) groups is 1. The SMILES string of the molecule is CCN(CC)C(=O)Cn1c(=O)n(S(=O)(=O)c2ccccc2)c2ccccc21. The van der Waals surface area contributed by atoms with Crippen LogP contribution < -0.4 is 5.69 Å². The summed E-state index contributed by atoms with van der Waals surface area (Å²) >= 11 is 0. The zero-order chi connectivity index (χ0) is 19.6. The van der Waals surface area contributed by atoms with Gasteiger partial charge < -0.3 is 4.90 Å². The summed E-state index contributed by atoms with van der Waals surface area (Å²) in [5.74, 6) is -0.234. The minimum absolute atomic E-state index is 0.0186. The fraction of sp³-hybridized carbons (Fsp3) is 0.263. The van der Waals surface area contributed by atoms with E-state index in [-0.39, 0.29) is 22.9 Å². The highest BCUT2D eigenvalue weighted by atomic mass is 32.2. The normalized spacial score (nSPS) is 11.6. The molecule has 0 unspecified atom stereocenters. The monoisotopic (exact) mass is 387 g/mol. The molecule has 7 nitrogen and oxygen atoms in total. The van der Waals surface area contributed by atoms with Crippen molar-refractivity contribution in [1.82, 2.24) is 13.4 Å². The maximum absolute atomic E-state index is 13.1. The van der Waals surface area contributed by atoms with E-state index in [1.54, 1.807) is 47.4 Å². The lowest BCUT2D eigenvalue weighted by Crippen LogP contribution is -2.37. The first-order valence-electron chi connectivity index (χ1n) is 8.70. The van der Waals surface area contributed by atoms with Crippen LogP contribution in [0.2, 0.25) is 0 Å². The minimum atomic E-state index is -4.08. The molecule has 0 saturated carbocycles. The van der Waals surface area contributed by atoms with E-state index in [1.807, 2.05) is 13.8 Å². The van der Waals surface area contributed by atoms with Crippen LogP contribution in [0.1, 0.15) is 13.8 Å². The van der Waals surface area contributed by atoms with Crippen molar-refractivity contribution in [3.8, 4) is 0 Å². The third-order valence-electron chi connectivity index (χ3n) is 4.49. The molecule has 3 rings (SSSR count). The Labute approximate surface area is 157 Å². The fourth-order valence-electron chi connectivity index (χ4n) is 3.07. The summed E-state index contributed by atoms with van der Waals surface area (Å²) in [6.45, 7) is 4.54. The second-order valence-electron chi connectivity index (χ2n) is 6.01. The lowest BCUT2D eigenvalue weighted by Gasteiger charge is -2.18. The molecule has 27 heavy (non-hydrogen) atoms. The first-order valence-corrected chi connectivity index (χ1v) is 10.1. The Kier molecular flexibility index (Phi) is 5.18.